The fourth-order valence-electron chi connectivity index (χ4n) is 1.79. The van der Waals surface area contributed by atoms with Crippen LogP contribution in [0.25, 0.3) is 0 Å². The van der Waals surface area contributed by atoms with Crippen LogP contribution in [-0.2, 0) is 6.42 Å². The zero-order valence-electron chi connectivity index (χ0n) is 11.0. The van der Waals surface area contributed by atoms with Crippen LogP contribution in [0.2, 0.25) is 5.02 Å². The van der Waals surface area contributed by atoms with Crippen molar-refractivity contribution in [2.24, 2.45) is 5.73 Å². The number of alkyl halides is 3. The first-order valence-corrected chi connectivity index (χ1v) is 6.42. The highest BCUT2D eigenvalue weighted by atomic mass is 35.5. The summed E-state index contributed by atoms with van der Waals surface area (Å²) in [4.78, 5) is 1.09. The number of rotatable bonds is 5. The topological polar surface area (TPSA) is 29.3 Å². The molecular weight excluding hydrogens is 277 g/mol. The first kappa shape index (κ1) is 16.1. The van der Waals surface area contributed by atoms with E-state index in [0.717, 1.165) is 16.9 Å². The van der Waals surface area contributed by atoms with Crippen molar-refractivity contribution in [1.82, 2.24) is 0 Å². The Labute approximate surface area is 116 Å². The van der Waals surface area contributed by atoms with Gasteiger partial charge in [0, 0.05) is 13.1 Å². The van der Waals surface area contributed by atoms with Crippen molar-refractivity contribution in [2.45, 2.75) is 32.0 Å². The van der Waals surface area contributed by atoms with Gasteiger partial charge in [-0.25, -0.2) is 0 Å². The number of benzene rings is 1. The van der Waals surface area contributed by atoms with E-state index in [2.05, 4.69) is 0 Å². The maximum absolute atomic E-state index is 12.3. The predicted molar refractivity (Wildman–Crippen MR) is 72.7 cm³/mol. The molecule has 0 aliphatic rings. The van der Waals surface area contributed by atoms with Crippen molar-refractivity contribution in [2.75, 3.05) is 18.5 Å². The van der Waals surface area contributed by atoms with E-state index in [1.54, 1.807) is 18.2 Å². The van der Waals surface area contributed by atoms with Crippen molar-refractivity contribution >= 4 is 17.3 Å². The summed E-state index contributed by atoms with van der Waals surface area (Å²) in [7, 11) is 1.37. The second-order valence-corrected chi connectivity index (χ2v) is 5.04. The lowest BCUT2D eigenvalue weighted by Gasteiger charge is -2.22. The van der Waals surface area contributed by atoms with Crippen LogP contribution in [-0.4, -0.2) is 25.8 Å². The molecule has 0 saturated carbocycles. The normalized spacial score (nSPS) is 13.4. The van der Waals surface area contributed by atoms with Gasteiger partial charge < -0.3 is 10.6 Å². The van der Waals surface area contributed by atoms with Crippen molar-refractivity contribution in [3.05, 3.63) is 28.8 Å². The lowest BCUT2D eigenvalue weighted by atomic mass is 10.0. The second kappa shape index (κ2) is 6.48. The highest BCUT2D eigenvalue weighted by molar-refractivity contribution is 6.33. The van der Waals surface area contributed by atoms with E-state index in [1.807, 2.05) is 6.92 Å². The molecule has 0 radical (unpaired) electrons. The van der Waals surface area contributed by atoms with Crippen LogP contribution in [0.3, 0.4) is 0 Å². The number of nitrogens with zero attached hydrogens (tertiary/aromatic N) is 1. The fourth-order valence-corrected chi connectivity index (χ4v) is 2.14. The lowest BCUT2D eigenvalue weighted by Crippen LogP contribution is -2.31. The maximum Gasteiger partial charge on any atom is 0.405 e. The van der Waals surface area contributed by atoms with Crippen molar-refractivity contribution in [1.29, 1.82) is 0 Å². The number of anilines is 1. The van der Waals surface area contributed by atoms with Gasteiger partial charge in [0.15, 0.2) is 0 Å². The second-order valence-electron chi connectivity index (χ2n) is 4.63. The molecule has 0 aliphatic carbocycles. The molecule has 2 nitrogen and oxygen atoms in total. The van der Waals surface area contributed by atoms with Crippen LogP contribution < -0.4 is 10.6 Å². The number of hydrogen-bond acceptors (Lipinski definition) is 2. The number of hydrogen-bond donors (Lipinski definition) is 1. The molecule has 1 rings (SSSR count). The highest BCUT2D eigenvalue weighted by Crippen LogP contribution is 2.29. The molecule has 2 N–H and O–H groups in total. The molecule has 108 valence electrons. The number of halogens is 4. The summed E-state index contributed by atoms with van der Waals surface area (Å²) in [5, 5.41) is 0.313. The van der Waals surface area contributed by atoms with Gasteiger partial charge in [-0.05, 0) is 30.5 Å². The van der Waals surface area contributed by atoms with Crippen molar-refractivity contribution < 1.29 is 13.2 Å². The van der Waals surface area contributed by atoms with Gasteiger partial charge in [-0.15, -0.1) is 0 Å². The Balaban J connectivity index is 2.82. The predicted octanol–water partition coefficient (Wildman–Crippen LogP) is 3.62. The molecule has 0 aliphatic heterocycles. The molecule has 19 heavy (non-hydrogen) atoms. The Morgan fingerprint density at radius 3 is 2.47 bits per heavy atom. The smallest absolute Gasteiger partial charge is 0.365 e. The molecule has 1 aromatic carbocycles. The fraction of sp³-hybridized carbons (Fsp3) is 0.538. The minimum absolute atomic E-state index is 0.0369. The van der Waals surface area contributed by atoms with E-state index >= 15 is 0 Å². The van der Waals surface area contributed by atoms with E-state index in [4.69, 9.17) is 17.3 Å². The van der Waals surface area contributed by atoms with Gasteiger partial charge in [0.05, 0.1) is 10.7 Å². The van der Waals surface area contributed by atoms with Crippen LogP contribution in [0.5, 0.6) is 0 Å². The molecule has 0 amide bonds. The molecule has 0 heterocycles. The quantitative estimate of drug-likeness (QED) is 0.899. The Bertz CT molecular complexity index is 421. The van der Waals surface area contributed by atoms with Gasteiger partial charge in [0.25, 0.3) is 0 Å². The lowest BCUT2D eigenvalue weighted by molar-refractivity contribution is -0.119. The van der Waals surface area contributed by atoms with E-state index in [1.165, 1.54) is 7.05 Å². The molecular formula is C13H18ClF3N2. The molecule has 6 heteroatoms. The average molecular weight is 295 g/mol. The third kappa shape index (κ3) is 5.28. The average Bonchev–Trinajstić information content (AvgIpc) is 2.26. The van der Waals surface area contributed by atoms with Gasteiger partial charge in [0.1, 0.15) is 6.54 Å². The van der Waals surface area contributed by atoms with Crippen LogP contribution in [0.1, 0.15) is 18.9 Å². The Morgan fingerprint density at radius 1 is 1.37 bits per heavy atom. The molecule has 0 saturated heterocycles. The van der Waals surface area contributed by atoms with Crippen LogP contribution in [0, 0.1) is 0 Å². The first-order valence-electron chi connectivity index (χ1n) is 6.05. The first-order chi connectivity index (χ1) is 8.73. The standard InChI is InChI=1S/C13H18ClF3N2/c1-3-10(18)6-9-4-5-12(11(14)7-9)19(2)8-13(15,16)17/h4-5,7,10H,3,6,8,18H2,1-2H3. The van der Waals surface area contributed by atoms with Gasteiger partial charge in [-0.2, -0.15) is 13.2 Å². The Morgan fingerprint density at radius 2 is 2.00 bits per heavy atom. The summed E-state index contributed by atoms with van der Waals surface area (Å²) in [5.74, 6) is 0. The molecule has 0 spiro atoms. The van der Waals surface area contributed by atoms with E-state index in [-0.39, 0.29) is 6.04 Å². The zero-order valence-corrected chi connectivity index (χ0v) is 11.7. The van der Waals surface area contributed by atoms with E-state index in [9.17, 15) is 13.2 Å². The summed E-state index contributed by atoms with van der Waals surface area (Å²) < 4.78 is 37.0. The summed E-state index contributed by atoms with van der Waals surface area (Å²) in [6.07, 6.45) is -2.74. The van der Waals surface area contributed by atoms with E-state index < -0.39 is 12.7 Å². The minimum atomic E-state index is -4.25. The summed E-state index contributed by atoms with van der Waals surface area (Å²) >= 11 is 6.03. The SMILES string of the molecule is CCC(N)Cc1ccc(N(C)CC(F)(F)F)c(Cl)c1. The molecule has 0 fully saturated rings. The number of nitrogens with two attached hydrogens (primary N) is 1. The van der Waals surface area contributed by atoms with Crippen molar-refractivity contribution in [3.8, 4) is 0 Å². The Kier molecular flexibility index (Phi) is 5.50. The van der Waals surface area contributed by atoms with Crippen molar-refractivity contribution in [3.63, 3.8) is 0 Å². The monoisotopic (exact) mass is 294 g/mol. The summed E-state index contributed by atoms with van der Waals surface area (Å²) in [6.45, 7) is 0.957. The molecule has 1 aromatic rings. The Hall–Kier alpha value is -0.940. The van der Waals surface area contributed by atoms with Gasteiger partial charge in [-0.1, -0.05) is 24.6 Å². The molecule has 0 aromatic heterocycles. The molecule has 0 bridgehead atoms. The maximum atomic E-state index is 12.3. The molecule has 1 atom stereocenters. The van der Waals surface area contributed by atoms with Crippen LogP contribution >= 0.6 is 11.6 Å². The van der Waals surface area contributed by atoms with Crippen LogP contribution in [0.4, 0.5) is 18.9 Å². The van der Waals surface area contributed by atoms with E-state index in [0.29, 0.717) is 17.1 Å². The summed E-state index contributed by atoms with van der Waals surface area (Å²) in [6, 6.07) is 5.09. The third-order valence-corrected chi connectivity index (χ3v) is 3.16. The third-order valence-electron chi connectivity index (χ3n) is 2.86. The van der Waals surface area contributed by atoms with Crippen LogP contribution in [0.15, 0.2) is 18.2 Å². The molecule has 1 unspecified atom stereocenters. The van der Waals surface area contributed by atoms with Gasteiger partial charge >= 0.3 is 6.18 Å². The van der Waals surface area contributed by atoms with Gasteiger partial charge in [-0.3, -0.25) is 0 Å². The largest absolute Gasteiger partial charge is 0.405 e. The van der Waals surface area contributed by atoms with Gasteiger partial charge in [0.2, 0.25) is 0 Å². The minimum Gasteiger partial charge on any atom is -0.365 e. The highest BCUT2D eigenvalue weighted by Gasteiger charge is 2.30. The summed E-state index contributed by atoms with van der Waals surface area (Å²) in [5.41, 5.74) is 7.14. The zero-order chi connectivity index (χ0) is 14.6.